The van der Waals surface area contributed by atoms with Gasteiger partial charge in [0.2, 0.25) is 0 Å². The van der Waals surface area contributed by atoms with Gasteiger partial charge in [-0.25, -0.2) is 0 Å². The van der Waals surface area contributed by atoms with E-state index in [1.54, 1.807) is 12.3 Å². The maximum atomic E-state index is 11.7. The normalized spacial score (nSPS) is 16.7. The Morgan fingerprint density at radius 3 is 2.94 bits per heavy atom. The average Bonchev–Trinajstić information content (AvgIpc) is 2.82. The monoisotopic (exact) mass is 252 g/mol. The first-order valence-corrected chi connectivity index (χ1v) is 6.28. The number of nitrogens with zero attached hydrogens (tertiary/aromatic N) is 1. The van der Waals surface area contributed by atoms with Crippen molar-refractivity contribution in [2.24, 2.45) is 0 Å². The number of carbonyl (C=O) groups excluding carboxylic acids is 1. The largest absolute Gasteiger partial charge is 0.397 e. The van der Waals surface area contributed by atoms with Crippen molar-refractivity contribution in [2.75, 3.05) is 45.1 Å². The van der Waals surface area contributed by atoms with Gasteiger partial charge in [0.1, 0.15) is 5.69 Å². The van der Waals surface area contributed by atoms with Gasteiger partial charge in [0.15, 0.2) is 0 Å². The molecule has 0 radical (unpaired) electrons. The van der Waals surface area contributed by atoms with Crippen LogP contribution in [-0.2, 0) is 4.74 Å². The van der Waals surface area contributed by atoms with Crippen molar-refractivity contribution >= 4 is 11.6 Å². The van der Waals surface area contributed by atoms with Gasteiger partial charge in [-0.1, -0.05) is 0 Å². The quantitative estimate of drug-likeness (QED) is 0.647. The second-order valence-corrected chi connectivity index (χ2v) is 4.41. The summed E-state index contributed by atoms with van der Waals surface area (Å²) in [4.78, 5) is 16.9. The Bertz CT molecular complexity index is 385. The average molecular weight is 252 g/mol. The summed E-state index contributed by atoms with van der Waals surface area (Å²) in [6.07, 6.45) is 2.56. The standard InChI is InChI=1S/C12H20N4O2/c13-10-8-11(15-9-10)12(17)14-2-1-3-16-4-6-18-7-5-16/h8-9,15H,1-7,13H2,(H,14,17). The minimum Gasteiger partial charge on any atom is -0.397 e. The number of amides is 1. The van der Waals surface area contributed by atoms with Gasteiger partial charge in [-0.2, -0.15) is 0 Å². The van der Waals surface area contributed by atoms with Crippen molar-refractivity contribution in [3.63, 3.8) is 0 Å². The van der Waals surface area contributed by atoms with Crippen molar-refractivity contribution in [1.82, 2.24) is 15.2 Å². The van der Waals surface area contributed by atoms with Crippen LogP contribution in [0.25, 0.3) is 0 Å². The molecule has 0 aromatic carbocycles. The zero-order chi connectivity index (χ0) is 12.8. The van der Waals surface area contributed by atoms with Gasteiger partial charge < -0.3 is 20.8 Å². The molecule has 1 amide bonds. The number of rotatable bonds is 5. The molecule has 0 aliphatic carbocycles. The van der Waals surface area contributed by atoms with E-state index in [1.807, 2.05) is 0 Å². The lowest BCUT2D eigenvalue weighted by molar-refractivity contribution is 0.0374. The molecule has 4 N–H and O–H groups in total. The molecule has 100 valence electrons. The molecule has 0 bridgehead atoms. The van der Waals surface area contributed by atoms with Crippen LogP contribution in [0.3, 0.4) is 0 Å². The van der Waals surface area contributed by atoms with E-state index in [9.17, 15) is 4.79 Å². The van der Waals surface area contributed by atoms with Crippen molar-refractivity contribution in [3.05, 3.63) is 18.0 Å². The number of morpholine rings is 1. The van der Waals surface area contributed by atoms with E-state index < -0.39 is 0 Å². The van der Waals surface area contributed by atoms with Crippen molar-refractivity contribution in [1.29, 1.82) is 0 Å². The SMILES string of the molecule is Nc1c[nH]c(C(=O)NCCCN2CCOCC2)c1. The maximum absolute atomic E-state index is 11.7. The summed E-state index contributed by atoms with van der Waals surface area (Å²) < 4.78 is 5.28. The maximum Gasteiger partial charge on any atom is 0.267 e. The smallest absolute Gasteiger partial charge is 0.267 e. The first-order valence-electron chi connectivity index (χ1n) is 6.28. The molecule has 18 heavy (non-hydrogen) atoms. The Hall–Kier alpha value is -1.53. The van der Waals surface area contributed by atoms with Crippen LogP contribution in [0.4, 0.5) is 5.69 Å². The summed E-state index contributed by atoms with van der Waals surface area (Å²) in [6.45, 7) is 5.27. The summed E-state index contributed by atoms with van der Waals surface area (Å²) in [6, 6.07) is 1.64. The van der Waals surface area contributed by atoms with E-state index in [2.05, 4.69) is 15.2 Å². The van der Waals surface area contributed by atoms with Gasteiger partial charge in [0, 0.05) is 31.5 Å². The molecule has 1 aliphatic heterocycles. The fraction of sp³-hybridized carbons (Fsp3) is 0.583. The number of nitrogen functional groups attached to an aromatic ring is 1. The topological polar surface area (TPSA) is 83.4 Å². The van der Waals surface area contributed by atoms with Crippen LogP contribution >= 0.6 is 0 Å². The fourth-order valence-electron chi connectivity index (χ4n) is 1.97. The highest BCUT2D eigenvalue weighted by Gasteiger charge is 2.10. The molecule has 0 saturated carbocycles. The van der Waals surface area contributed by atoms with Gasteiger partial charge >= 0.3 is 0 Å². The molecule has 1 aromatic heterocycles. The molecule has 0 unspecified atom stereocenters. The Kier molecular flexibility index (Phi) is 4.60. The van der Waals surface area contributed by atoms with Gasteiger partial charge in [-0.05, 0) is 19.0 Å². The minimum absolute atomic E-state index is 0.103. The number of hydrogen-bond donors (Lipinski definition) is 3. The van der Waals surface area contributed by atoms with Gasteiger partial charge in [0.25, 0.3) is 5.91 Å². The number of H-pyrrole nitrogens is 1. The van der Waals surface area contributed by atoms with E-state index in [4.69, 9.17) is 10.5 Å². The molecule has 1 fully saturated rings. The van der Waals surface area contributed by atoms with Gasteiger partial charge in [-0.3, -0.25) is 9.69 Å². The second kappa shape index (κ2) is 6.42. The van der Waals surface area contributed by atoms with Crippen LogP contribution in [0, 0.1) is 0 Å². The highest BCUT2D eigenvalue weighted by molar-refractivity contribution is 5.93. The Labute approximate surface area is 106 Å². The van der Waals surface area contributed by atoms with E-state index in [0.29, 0.717) is 17.9 Å². The van der Waals surface area contributed by atoms with E-state index in [1.165, 1.54) is 0 Å². The third-order valence-electron chi connectivity index (χ3n) is 2.99. The molecular formula is C12H20N4O2. The summed E-state index contributed by atoms with van der Waals surface area (Å²) in [5, 5.41) is 2.87. The summed E-state index contributed by atoms with van der Waals surface area (Å²) in [5.41, 5.74) is 6.63. The Morgan fingerprint density at radius 1 is 1.50 bits per heavy atom. The molecule has 2 rings (SSSR count). The minimum atomic E-state index is -0.103. The van der Waals surface area contributed by atoms with Crippen LogP contribution in [0.15, 0.2) is 12.3 Å². The fourth-order valence-corrected chi connectivity index (χ4v) is 1.97. The first kappa shape index (κ1) is 12.9. The van der Waals surface area contributed by atoms with E-state index >= 15 is 0 Å². The number of carbonyl (C=O) groups is 1. The molecule has 6 heteroatoms. The summed E-state index contributed by atoms with van der Waals surface area (Å²) in [5.74, 6) is -0.103. The van der Waals surface area contributed by atoms with Crippen LogP contribution < -0.4 is 11.1 Å². The molecular weight excluding hydrogens is 232 g/mol. The molecule has 0 atom stereocenters. The zero-order valence-corrected chi connectivity index (χ0v) is 10.4. The summed E-state index contributed by atoms with van der Waals surface area (Å²) >= 11 is 0. The Morgan fingerprint density at radius 2 is 2.28 bits per heavy atom. The van der Waals surface area contributed by atoms with E-state index in [0.717, 1.165) is 39.3 Å². The predicted octanol–water partition coefficient (Wildman–Crippen LogP) is 0.0490. The van der Waals surface area contributed by atoms with Crippen LogP contribution in [0.5, 0.6) is 0 Å². The van der Waals surface area contributed by atoms with Crippen LogP contribution in [0.2, 0.25) is 0 Å². The number of anilines is 1. The van der Waals surface area contributed by atoms with E-state index in [-0.39, 0.29) is 5.91 Å². The molecule has 2 heterocycles. The number of hydrogen-bond acceptors (Lipinski definition) is 4. The third-order valence-corrected chi connectivity index (χ3v) is 2.99. The second-order valence-electron chi connectivity index (χ2n) is 4.41. The highest BCUT2D eigenvalue weighted by atomic mass is 16.5. The van der Waals surface area contributed by atoms with Gasteiger partial charge in [-0.15, -0.1) is 0 Å². The molecule has 6 nitrogen and oxygen atoms in total. The lowest BCUT2D eigenvalue weighted by atomic mass is 10.3. The van der Waals surface area contributed by atoms with Crippen molar-refractivity contribution < 1.29 is 9.53 Å². The lowest BCUT2D eigenvalue weighted by Gasteiger charge is -2.26. The van der Waals surface area contributed by atoms with Gasteiger partial charge in [0.05, 0.1) is 13.2 Å². The molecule has 1 saturated heterocycles. The summed E-state index contributed by atoms with van der Waals surface area (Å²) in [7, 11) is 0. The van der Waals surface area contributed by atoms with Crippen LogP contribution in [-0.4, -0.2) is 55.2 Å². The number of nitrogens with one attached hydrogen (secondary N) is 2. The zero-order valence-electron chi connectivity index (χ0n) is 10.4. The molecule has 0 spiro atoms. The van der Waals surface area contributed by atoms with Crippen molar-refractivity contribution in [3.8, 4) is 0 Å². The first-order chi connectivity index (χ1) is 8.75. The van der Waals surface area contributed by atoms with Crippen molar-refractivity contribution in [2.45, 2.75) is 6.42 Å². The Balaban J connectivity index is 1.61. The molecule has 1 aromatic rings. The number of aromatic amines is 1. The van der Waals surface area contributed by atoms with Crippen LogP contribution in [0.1, 0.15) is 16.9 Å². The highest BCUT2D eigenvalue weighted by Crippen LogP contribution is 2.04. The predicted molar refractivity (Wildman–Crippen MR) is 69.4 cm³/mol. The number of aromatic nitrogens is 1. The number of ether oxygens (including phenoxy) is 1. The lowest BCUT2D eigenvalue weighted by Crippen LogP contribution is -2.38. The molecule has 1 aliphatic rings. The number of nitrogens with two attached hydrogens (primary N) is 1. The third kappa shape index (κ3) is 3.75.